The Morgan fingerprint density at radius 3 is 2.81 bits per heavy atom. The molecule has 26 heavy (non-hydrogen) atoms. The first-order chi connectivity index (χ1) is 12.6. The van der Waals surface area contributed by atoms with Gasteiger partial charge in [-0.2, -0.15) is 0 Å². The van der Waals surface area contributed by atoms with Crippen LogP contribution in [-0.4, -0.2) is 15.3 Å². The van der Waals surface area contributed by atoms with Gasteiger partial charge >= 0.3 is 0 Å². The van der Waals surface area contributed by atoms with Gasteiger partial charge in [0.1, 0.15) is 4.83 Å². The Labute approximate surface area is 162 Å². The lowest BCUT2D eigenvalue weighted by Gasteiger charge is -2.19. The number of hydrogen-bond donors (Lipinski definition) is 0. The Morgan fingerprint density at radius 1 is 1.31 bits per heavy atom. The van der Waals surface area contributed by atoms with E-state index < -0.39 is 0 Å². The number of thioether (sulfide) groups is 1. The van der Waals surface area contributed by atoms with E-state index in [0.717, 1.165) is 46.1 Å². The number of nitrogens with zero attached hydrogens (tertiary/aromatic N) is 2. The molecule has 0 saturated heterocycles. The van der Waals surface area contributed by atoms with Crippen LogP contribution < -0.4 is 5.56 Å². The largest absolute Gasteiger partial charge is 0.268 e. The van der Waals surface area contributed by atoms with E-state index in [9.17, 15) is 4.79 Å². The fourth-order valence-electron chi connectivity index (χ4n) is 3.73. The van der Waals surface area contributed by atoms with Crippen LogP contribution in [0.1, 0.15) is 55.0 Å². The molecule has 0 saturated carbocycles. The van der Waals surface area contributed by atoms with E-state index in [-0.39, 0.29) is 5.56 Å². The number of aryl methyl sites for hydroxylation is 2. The zero-order valence-corrected chi connectivity index (χ0v) is 17.2. The number of benzene rings is 1. The van der Waals surface area contributed by atoms with Crippen molar-refractivity contribution in [3.05, 3.63) is 50.6 Å². The van der Waals surface area contributed by atoms with Crippen molar-refractivity contribution in [1.82, 2.24) is 9.55 Å². The van der Waals surface area contributed by atoms with Gasteiger partial charge in [-0.05, 0) is 56.2 Å². The van der Waals surface area contributed by atoms with E-state index in [0.29, 0.717) is 5.92 Å². The van der Waals surface area contributed by atoms with Crippen LogP contribution in [0.4, 0.5) is 0 Å². The van der Waals surface area contributed by atoms with Crippen LogP contribution in [0.3, 0.4) is 0 Å². The molecule has 4 rings (SSSR count). The van der Waals surface area contributed by atoms with Gasteiger partial charge in [-0.15, -0.1) is 11.3 Å². The van der Waals surface area contributed by atoms with Gasteiger partial charge in [0.25, 0.3) is 5.56 Å². The van der Waals surface area contributed by atoms with Gasteiger partial charge in [0.2, 0.25) is 0 Å². The first-order valence-electron chi connectivity index (χ1n) is 9.38. The van der Waals surface area contributed by atoms with Crippen molar-refractivity contribution in [1.29, 1.82) is 0 Å². The number of aromatic nitrogens is 2. The molecule has 3 aromatic rings. The second-order valence-corrected chi connectivity index (χ2v) is 9.28. The molecule has 2 aromatic heterocycles. The summed E-state index contributed by atoms with van der Waals surface area (Å²) in [6.45, 7) is 6.47. The molecule has 0 radical (unpaired) electrons. The maximum Gasteiger partial charge on any atom is 0.267 e. The summed E-state index contributed by atoms with van der Waals surface area (Å²) in [7, 11) is 0. The Hall–Kier alpha value is -1.59. The lowest BCUT2D eigenvalue weighted by molar-refractivity contribution is 0.601. The third-order valence-electron chi connectivity index (χ3n) is 5.07. The number of fused-ring (bicyclic) bond motifs is 3. The summed E-state index contributed by atoms with van der Waals surface area (Å²) in [5, 5.41) is 1.68. The fraction of sp³-hybridized carbons (Fsp3) is 0.429. The van der Waals surface area contributed by atoms with Crippen LogP contribution in [0.2, 0.25) is 0 Å². The molecule has 0 unspecified atom stereocenters. The van der Waals surface area contributed by atoms with Crippen molar-refractivity contribution < 1.29 is 0 Å². The van der Waals surface area contributed by atoms with Crippen molar-refractivity contribution in [3.63, 3.8) is 0 Å². The van der Waals surface area contributed by atoms with Gasteiger partial charge in [-0.3, -0.25) is 9.36 Å². The zero-order valence-electron chi connectivity index (χ0n) is 15.5. The maximum absolute atomic E-state index is 13.6. The highest BCUT2D eigenvalue weighted by Gasteiger charge is 2.26. The molecule has 1 aliphatic rings. The van der Waals surface area contributed by atoms with Crippen molar-refractivity contribution in [2.45, 2.75) is 57.5 Å². The molecule has 1 atom stereocenters. The monoisotopic (exact) mass is 384 g/mol. The third-order valence-corrected chi connectivity index (χ3v) is 7.37. The molecule has 3 nitrogen and oxygen atoms in total. The first kappa shape index (κ1) is 17.8. The van der Waals surface area contributed by atoms with Crippen LogP contribution in [0, 0.1) is 6.92 Å². The second kappa shape index (κ2) is 7.20. The van der Waals surface area contributed by atoms with Crippen molar-refractivity contribution in [2.24, 2.45) is 0 Å². The van der Waals surface area contributed by atoms with E-state index in [2.05, 4.69) is 32.9 Å². The summed E-state index contributed by atoms with van der Waals surface area (Å²) in [6.07, 6.45) is 4.52. The summed E-state index contributed by atoms with van der Waals surface area (Å²) in [5.74, 6) is 1.41. The first-order valence-corrected chi connectivity index (χ1v) is 11.2. The quantitative estimate of drug-likeness (QED) is 0.428. The van der Waals surface area contributed by atoms with Crippen LogP contribution in [0.5, 0.6) is 0 Å². The average Bonchev–Trinajstić information content (AvgIpc) is 3.01. The predicted molar refractivity (Wildman–Crippen MR) is 112 cm³/mol. The van der Waals surface area contributed by atoms with E-state index in [4.69, 9.17) is 4.98 Å². The molecule has 0 spiro atoms. The smallest absolute Gasteiger partial charge is 0.267 e. The molecule has 0 aliphatic heterocycles. The molecular weight excluding hydrogens is 360 g/mol. The summed E-state index contributed by atoms with van der Waals surface area (Å²) >= 11 is 3.41. The lowest BCUT2D eigenvalue weighted by Crippen LogP contribution is -2.22. The standard InChI is InChI=1S/C21H24N2OS2/c1-4-12-25-21-22-19-18(17-14(3)6-5-7-16(17)26-19)20(24)23(21)15-10-8-13(2)9-11-15/h8-11,14H,4-7,12H2,1-3H3/t14-/m1/s1. The van der Waals surface area contributed by atoms with Crippen LogP contribution in [0.25, 0.3) is 15.9 Å². The number of hydrogen-bond acceptors (Lipinski definition) is 4. The SMILES string of the molecule is CCCSc1nc2sc3c(c2c(=O)n1-c1ccc(C)cc1)[C@H](C)CCC3. The van der Waals surface area contributed by atoms with Crippen LogP contribution in [-0.2, 0) is 6.42 Å². The third kappa shape index (κ3) is 3.01. The minimum absolute atomic E-state index is 0.101. The minimum Gasteiger partial charge on any atom is -0.268 e. The summed E-state index contributed by atoms with van der Waals surface area (Å²) in [5.41, 5.74) is 3.47. The fourth-order valence-corrected chi connectivity index (χ4v) is 5.97. The Morgan fingerprint density at radius 2 is 2.08 bits per heavy atom. The van der Waals surface area contributed by atoms with E-state index in [1.165, 1.54) is 22.4 Å². The van der Waals surface area contributed by atoms with Gasteiger partial charge in [-0.25, -0.2) is 4.98 Å². The topological polar surface area (TPSA) is 34.9 Å². The molecule has 0 fully saturated rings. The Bertz CT molecular complexity index is 1000. The van der Waals surface area contributed by atoms with Crippen LogP contribution in [0.15, 0.2) is 34.2 Å². The van der Waals surface area contributed by atoms with Crippen LogP contribution >= 0.6 is 23.1 Å². The summed E-state index contributed by atoms with van der Waals surface area (Å²) in [6, 6.07) is 8.18. The molecule has 5 heteroatoms. The van der Waals surface area contributed by atoms with Crippen molar-refractivity contribution in [3.8, 4) is 5.69 Å². The van der Waals surface area contributed by atoms with Gasteiger partial charge < -0.3 is 0 Å². The molecule has 2 heterocycles. The van der Waals surface area contributed by atoms with E-state index in [1.807, 2.05) is 16.7 Å². The molecule has 1 aliphatic carbocycles. The van der Waals surface area contributed by atoms with E-state index in [1.54, 1.807) is 23.1 Å². The summed E-state index contributed by atoms with van der Waals surface area (Å²) in [4.78, 5) is 20.8. The highest BCUT2D eigenvalue weighted by molar-refractivity contribution is 7.99. The minimum atomic E-state index is 0.101. The molecule has 0 amide bonds. The molecular formula is C21H24N2OS2. The normalized spacial score (nSPS) is 16.8. The average molecular weight is 385 g/mol. The highest BCUT2D eigenvalue weighted by Crippen LogP contribution is 2.40. The van der Waals surface area contributed by atoms with Gasteiger partial charge in [-0.1, -0.05) is 43.3 Å². The molecule has 136 valence electrons. The van der Waals surface area contributed by atoms with Gasteiger partial charge in [0.15, 0.2) is 5.16 Å². The van der Waals surface area contributed by atoms with Gasteiger partial charge in [0.05, 0.1) is 11.1 Å². The molecule has 0 bridgehead atoms. The second-order valence-electron chi connectivity index (χ2n) is 7.13. The lowest BCUT2D eigenvalue weighted by atomic mass is 9.88. The van der Waals surface area contributed by atoms with Gasteiger partial charge in [0, 0.05) is 10.6 Å². The Balaban J connectivity index is 2.00. The highest BCUT2D eigenvalue weighted by atomic mass is 32.2. The summed E-state index contributed by atoms with van der Waals surface area (Å²) < 4.78 is 1.83. The van der Waals surface area contributed by atoms with E-state index >= 15 is 0 Å². The number of rotatable bonds is 4. The maximum atomic E-state index is 13.6. The zero-order chi connectivity index (χ0) is 18.3. The number of thiophene rings is 1. The Kier molecular flexibility index (Phi) is 4.93. The molecule has 1 aromatic carbocycles. The van der Waals surface area contributed by atoms with Crippen molar-refractivity contribution >= 4 is 33.3 Å². The van der Waals surface area contributed by atoms with Crippen molar-refractivity contribution in [2.75, 3.05) is 5.75 Å². The predicted octanol–water partition coefficient (Wildman–Crippen LogP) is 5.70. The molecule has 0 N–H and O–H groups in total.